The van der Waals surface area contributed by atoms with Gasteiger partial charge in [-0.05, 0) is 5.54 Å². The van der Waals surface area contributed by atoms with Gasteiger partial charge in [-0.1, -0.05) is 26.6 Å². The van der Waals surface area contributed by atoms with Crippen LogP contribution in [0.1, 0.15) is 13.3 Å². The molecule has 1 atom stereocenters. The first-order valence-electron chi connectivity index (χ1n) is 4.08. The van der Waals surface area contributed by atoms with Crippen molar-refractivity contribution in [2.24, 2.45) is 0 Å². The van der Waals surface area contributed by atoms with E-state index in [2.05, 4.69) is 31.9 Å². The largest absolute Gasteiger partial charge is 0.359 e. The Morgan fingerprint density at radius 2 is 1.91 bits per heavy atom. The highest BCUT2D eigenvalue weighted by Crippen LogP contribution is 2.23. The van der Waals surface area contributed by atoms with Gasteiger partial charge in [0.2, 0.25) is 5.91 Å². The van der Waals surface area contributed by atoms with Crippen LogP contribution in [-0.4, -0.2) is 21.0 Å². The van der Waals surface area contributed by atoms with Crippen molar-refractivity contribution < 1.29 is 4.79 Å². The average molecular weight is 173 g/mol. The molecule has 11 heavy (non-hydrogen) atoms. The molecule has 0 aromatic heterocycles. The predicted molar refractivity (Wildman–Crippen MR) is 51.5 cm³/mol. The molecule has 3 heteroatoms. The zero-order valence-corrected chi connectivity index (χ0v) is 9.19. The molecule has 1 unspecified atom stereocenters. The van der Waals surface area contributed by atoms with Gasteiger partial charge in [0, 0.05) is 21.5 Å². The molecule has 0 aliphatic carbocycles. The minimum Gasteiger partial charge on any atom is -0.359 e. The topological polar surface area (TPSA) is 29.1 Å². The second kappa shape index (κ2) is 3.90. The van der Waals surface area contributed by atoms with E-state index in [-0.39, 0.29) is 5.91 Å². The molecule has 1 N–H and O–H groups in total. The molecule has 0 aromatic rings. The molecule has 0 rings (SSSR count). The molecule has 0 saturated heterocycles. The Balaban J connectivity index is 3.87. The normalized spacial score (nSPS) is 14.3. The summed E-state index contributed by atoms with van der Waals surface area (Å²) in [4.78, 5) is 11.0. The van der Waals surface area contributed by atoms with Gasteiger partial charge in [-0.2, -0.15) is 0 Å². The third kappa shape index (κ3) is 4.19. The maximum Gasteiger partial charge on any atom is 0.219 e. The first-order valence-corrected chi connectivity index (χ1v) is 7.66. The minimum absolute atomic E-state index is 0.167. The highest BCUT2D eigenvalue weighted by Gasteiger charge is 2.23. The Kier molecular flexibility index (Phi) is 3.79. The van der Waals surface area contributed by atoms with Crippen molar-refractivity contribution in [3.05, 3.63) is 0 Å². The minimum atomic E-state index is -1.10. The van der Waals surface area contributed by atoms with Crippen molar-refractivity contribution in [3.8, 4) is 0 Å². The molecular weight excluding hydrogens is 154 g/mol. The van der Waals surface area contributed by atoms with Crippen LogP contribution < -0.4 is 5.32 Å². The molecule has 0 aliphatic heterocycles. The van der Waals surface area contributed by atoms with E-state index in [1.54, 1.807) is 7.05 Å². The lowest BCUT2D eigenvalue weighted by atomic mass is 10.3. The zero-order chi connectivity index (χ0) is 9.07. The Bertz CT molecular complexity index is 140. The summed E-state index contributed by atoms with van der Waals surface area (Å²) in [6.07, 6.45) is 0.687. The van der Waals surface area contributed by atoms with Gasteiger partial charge in [0.15, 0.2) is 0 Å². The van der Waals surface area contributed by atoms with E-state index in [0.717, 1.165) is 0 Å². The van der Waals surface area contributed by atoms with Crippen molar-refractivity contribution in [2.75, 3.05) is 7.05 Å². The Morgan fingerprint density at radius 3 is 2.18 bits per heavy atom. The summed E-state index contributed by atoms with van der Waals surface area (Å²) in [6.45, 7) is 9.04. The van der Waals surface area contributed by atoms with E-state index in [0.29, 0.717) is 12.0 Å². The lowest BCUT2D eigenvalue weighted by Crippen LogP contribution is -2.30. The van der Waals surface area contributed by atoms with Crippen LogP contribution in [-0.2, 0) is 4.79 Å². The number of carbonyl (C=O) groups is 1. The molecule has 0 fully saturated rings. The molecule has 0 aromatic carbocycles. The molecule has 1 amide bonds. The van der Waals surface area contributed by atoms with Crippen molar-refractivity contribution >= 4 is 14.0 Å². The Hall–Kier alpha value is -0.313. The molecule has 0 saturated carbocycles. The van der Waals surface area contributed by atoms with Gasteiger partial charge in [0.05, 0.1) is 0 Å². The van der Waals surface area contributed by atoms with Crippen LogP contribution in [0.5, 0.6) is 0 Å². The van der Waals surface area contributed by atoms with Gasteiger partial charge in [-0.15, -0.1) is 0 Å². The highest BCUT2D eigenvalue weighted by molar-refractivity contribution is 6.77. The Morgan fingerprint density at radius 1 is 1.45 bits per heavy atom. The fraction of sp³-hybridized carbons (Fsp3) is 0.875. The second-order valence-corrected chi connectivity index (χ2v) is 9.86. The standard InChI is InChI=1S/C8H19NOSi/c1-7(11(3,4)5)6-8(10)9-2/h7H,6H2,1-5H3,(H,9,10). The summed E-state index contributed by atoms with van der Waals surface area (Å²) in [6, 6.07) is 0. The molecule has 0 heterocycles. The van der Waals surface area contributed by atoms with Crippen molar-refractivity contribution in [3.63, 3.8) is 0 Å². The maximum atomic E-state index is 11.0. The summed E-state index contributed by atoms with van der Waals surface area (Å²) in [7, 11) is 0.593. The molecule has 0 bridgehead atoms. The number of carbonyl (C=O) groups excluding carboxylic acids is 1. The molecule has 66 valence electrons. The van der Waals surface area contributed by atoms with E-state index in [4.69, 9.17) is 0 Å². The van der Waals surface area contributed by atoms with Gasteiger partial charge in [0.25, 0.3) is 0 Å². The van der Waals surface area contributed by atoms with Crippen LogP contribution in [0.4, 0.5) is 0 Å². The van der Waals surface area contributed by atoms with Crippen LogP contribution >= 0.6 is 0 Å². The zero-order valence-electron chi connectivity index (χ0n) is 8.19. The lowest BCUT2D eigenvalue weighted by Gasteiger charge is -2.24. The molecular formula is C8H19NOSi. The maximum absolute atomic E-state index is 11.0. The Labute approximate surface area is 70.4 Å². The fourth-order valence-electron chi connectivity index (χ4n) is 0.686. The predicted octanol–water partition coefficient (Wildman–Crippen LogP) is 1.85. The number of nitrogens with one attached hydrogen (secondary N) is 1. The van der Waals surface area contributed by atoms with E-state index in [9.17, 15) is 4.79 Å². The van der Waals surface area contributed by atoms with Gasteiger partial charge in [-0.25, -0.2) is 0 Å². The van der Waals surface area contributed by atoms with Crippen molar-refractivity contribution in [1.29, 1.82) is 0 Å². The van der Waals surface area contributed by atoms with E-state index in [1.807, 2.05) is 0 Å². The van der Waals surface area contributed by atoms with Crippen molar-refractivity contribution in [2.45, 2.75) is 38.5 Å². The van der Waals surface area contributed by atoms with Crippen LogP contribution in [0.15, 0.2) is 0 Å². The first kappa shape index (κ1) is 10.7. The summed E-state index contributed by atoms with van der Waals surface area (Å²) in [5, 5.41) is 2.65. The lowest BCUT2D eigenvalue weighted by molar-refractivity contribution is -0.120. The van der Waals surface area contributed by atoms with E-state index >= 15 is 0 Å². The van der Waals surface area contributed by atoms with Crippen LogP contribution in [0, 0.1) is 0 Å². The monoisotopic (exact) mass is 173 g/mol. The number of hydrogen-bond donors (Lipinski definition) is 1. The molecule has 0 radical (unpaired) electrons. The van der Waals surface area contributed by atoms with Gasteiger partial charge in [0.1, 0.15) is 0 Å². The molecule has 0 spiro atoms. The smallest absolute Gasteiger partial charge is 0.219 e. The summed E-state index contributed by atoms with van der Waals surface area (Å²) < 4.78 is 0. The number of amides is 1. The van der Waals surface area contributed by atoms with Gasteiger partial charge < -0.3 is 5.32 Å². The number of rotatable bonds is 3. The number of hydrogen-bond acceptors (Lipinski definition) is 1. The van der Waals surface area contributed by atoms with Crippen LogP contribution in [0.25, 0.3) is 0 Å². The molecule has 0 aliphatic rings. The van der Waals surface area contributed by atoms with E-state index in [1.165, 1.54) is 0 Å². The average Bonchev–Trinajstić information content (AvgIpc) is 1.85. The highest BCUT2D eigenvalue weighted by atomic mass is 28.3. The molecule has 2 nitrogen and oxygen atoms in total. The third-order valence-electron chi connectivity index (χ3n) is 2.25. The quantitative estimate of drug-likeness (QED) is 0.648. The summed E-state index contributed by atoms with van der Waals surface area (Å²) >= 11 is 0. The van der Waals surface area contributed by atoms with Crippen molar-refractivity contribution in [1.82, 2.24) is 5.32 Å². The van der Waals surface area contributed by atoms with Crippen LogP contribution in [0.2, 0.25) is 25.2 Å². The first-order chi connectivity index (χ1) is 4.88. The second-order valence-electron chi connectivity index (χ2n) is 4.14. The summed E-state index contributed by atoms with van der Waals surface area (Å²) in [5.74, 6) is 0.167. The van der Waals surface area contributed by atoms with Gasteiger partial charge >= 0.3 is 0 Å². The van der Waals surface area contributed by atoms with E-state index < -0.39 is 8.07 Å². The van der Waals surface area contributed by atoms with Gasteiger partial charge in [-0.3, -0.25) is 4.79 Å². The summed E-state index contributed by atoms with van der Waals surface area (Å²) in [5.41, 5.74) is 0.572. The van der Waals surface area contributed by atoms with Crippen LogP contribution in [0.3, 0.4) is 0 Å². The third-order valence-corrected chi connectivity index (χ3v) is 5.41. The fourth-order valence-corrected chi connectivity index (χ4v) is 1.48. The SMILES string of the molecule is CNC(=O)CC(C)[Si](C)(C)C.